The summed E-state index contributed by atoms with van der Waals surface area (Å²) >= 11 is 0. The summed E-state index contributed by atoms with van der Waals surface area (Å²) in [4.78, 5) is 28.5. The molecule has 24 heavy (non-hydrogen) atoms. The minimum absolute atomic E-state index is 0.00425. The van der Waals surface area contributed by atoms with Gasteiger partial charge in [0.05, 0.1) is 13.0 Å². The van der Waals surface area contributed by atoms with E-state index in [0.29, 0.717) is 19.1 Å². The SMILES string of the molecule is COc1ccc(N2C[C@@H](C(=O)NCCN(C)C3CC3)CC2=O)cc1. The van der Waals surface area contributed by atoms with Crippen LogP contribution in [0.15, 0.2) is 24.3 Å². The first-order valence-corrected chi connectivity index (χ1v) is 8.51. The lowest BCUT2D eigenvalue weighted by Gasteiger charge is -2.18. The summed E-state index contributed by atoms with van der Waals surface area (Å²) in [5, 5.41) is 2.97. The molecule has 1 saturated carbocycles. The van der Waals surface area contributed by atoms with Crippen LogP contribution in [0.2, 0.25) is 0 Å². The van der Waals surface area contributed by atoms with Crippen LogP contribution in [0.4, 0.5) is 5.69 Å². The monoisotopic (exact) mass is 331 g/mol. The van der Waals surface area contributed by atoms with Gasteiger partial charge >= 0.3 is 0 Å². The summed E-state index contributed by atoms with van der Waals surface area (Å²) in [6.45, 7) is 1.94. The second-order valence-electron chi connectivity index (χ2n) is 6.61. The van der Waals surface area contributed by atoms with Gasteiger partial charge in [0.1, 0.15) is 5.75 Å². The summed E-state index contributed by atoms with van der Waals surface area (Å²) in [7, 11) is 3.70. The van der Waals surface area contributed by atoms with E-state index in [9.17, 15) is 9.59 Å². The molecule has 0 aromatic heterocycles. The zero-order valence-corrected chi connectivity index (χ0v) is 14.3. The summed E-state index contributed by atoms with van der Waals surface area (Å²) < 4.78 is 5.13. The van der Waals surface area contributed by atoms with Gasteiger partial charge in [0.15, 0.2) is 0 Å². The predicted octanol–water partition coefficient (Wildman–Crippen LogP) is 1.26. The molecule has 6 heteroatoms. The summed E-state index contributed by atoms with van der Waals surface area (Å²) in [5.74, 6) is 0.448. The molecule has 1 aliphatic heterocycles. The Kier molecular flexibility index (Phi) is 5.04. The second-order valence-corrected chi connectivity index (χ2v) is 6.61. The summed E-state index contributed by atoms with van der Waals surface area (Å²) in [5.41, 5.74) is 0.810. The Morgan fingerprint density at radius 1 is 1.33 bits per heavy atom. The number of benzene rings is 1. The van der Waals surface area contributed by atoms with E-state index in [1.54, 1.807) is 12.0 Å². The number of nitrogens with one attached hydrogen (secondary N) is 1. The van der Waals surface area contributed by atoms with Crippen molar-refractivity contribution in [1.29, 1.82) is 0 Å². The third kappa shape index (κ3) is 3.87. The van der Waals surface area contributed by atoms with Gasteiger partial charge in [0.25, 0.3) is 0 Å². The van der Waals surface area contributed by atoms with Crippen LogP contribution >= 0.6 is 0 Å². The van der Waals surface area contributed by atoms with Crippen molar-refractivity contribution in [2.45, 2.75) is 25.3 Å². The molecule has 1 atom stereocenters. The van der Waals surface area contributed by atoms with Crippen LogP contribution < -0.4 is 15.0 Å². The summed E-state index contributed by atoms with van der Waals surface area (Å²) in [6, 6.07) is 8.04. The van der Waals surface area contributed by atoms with Crippen LogP contribution in [0.1, 0.15) is 19.3 Å². The molecular weight excluding hydrogens is 306 g/mol. The van der Waals surface area contributed by atoms with Gasteiger partial charge in [-0.2, -0.15) is 0 Å². The fourth-order valence-electron chi connectivity index (χ4n) is 3.09. The van der Waals surface area contributed by atoms with Gasteiger partial charge in [0, 0.05) is 37.8 Å². The predicted molar refractivity (Wildman–Crippen MR) is 92.1 cm³/mol. The van der Waals surface area contributed by atoms with Gasteiger partial charge in [-0.3, -0.25) is 9.59 Å². The smallest absolute Gasteiger partial charge is 0.227 e. The Balaban J connectivity index is 1.50. The molecule has 1 aromatic rings. The lowest BCUT2D eigenvalue weighted by molar-refractivity contribution is -0.126. The maximum atomic E-state index is 12.3. The summed E-state index contributed by atoms with van der Waals surface area (Å²) in [6.07, 6.45) is 2.80. The van der Waals surface area contributed by atoms with E-state index < -0.39 is 0 Å². The molecule has 1 aliphatic carbocycles. The highest BCUT2D eigenvalue weighted by Crippen LogP contribution is 2.27. The number of carbonyl (C=O) groups excluding carboxylic acids is 2. The maximum absolute atomic E-state index is 12.3. The Morgan fingerprint density at radius 3 is 2.67 bits per heavy atom. The topological polar surface area (TPSA) is 61.9 Å². The van der Waals surface area contributed by atoms with E-state index in [1.165, 1.54) is 12.8 Å². The first kappa shape index (κ1) is 16.8. The fourth-order valence-corrected chi connectivity index (χ4v) is 3.09. The minimum atomic E-state index is -0.272. The Morgan fingerprint density at radius 2 is 2.04 bits per heavy atom. The number of ether oxygens (including phenoxy) is 1. The first-order valence-electron chi connectivity index (χ1n) is 8.51. The molecule has 130 valence electrons. The van der Waals surface area contributed by atoms with Crippen molar-refractivity contribution in [1.82, 2.24) is 10.2 Å². The van der Waals surface area contributed by atoms with Crippen LogP contribution in [0.25, 0.3) is 0 Å². The van der Waals surface area contributed by atoms with Crippen molar-refractivity contribution in [2.75, 3.05) is 38.7 Å². The number of anilines is 1. The highest BCUT2D eigenvalue weighted by molar-refractivity contribution is 6.00. The Labute approximate surface area is 142 Å². The number of methoxy groups -OCH3 is 1. The highest BCUT2D eigenvalue weighted by Gasteiger charge is 2.35. The third-order valence-corrected chi connectivity index (χ3v) is 4.81. The van der Waals surface area contributed by atoms with Crippen LogP contribution in [-0.4, -0.2) is 56.5 Å². The molecule has 0 unspecified atom stereocenters. The molecule has 0 bridgehead atoms. The highest BCUT2D eigenvalue weighted by atomic mass is 16.5. The molecule has 3 rings (SSSR count). The third-order valence-electron chi connectivity index (χ3n) is 4.81. The maximum Gasteiger partial charge on any atom is 0.227 e. The lowest BCUT2D eigenvalue weighted by Crippen LogP contribution is -2.38. The van der Waals surface area contributed by atoms with Crippen molar-refractivity contribution in [3.8, 4) is 5.75 Å². The van der Waals surface area contributed by atoms with Crippen LogP contribution in [0.5, 0.6) is 5.75 Å². The minimum Gasteiger partial charge on any atom is -0.497 e. The number of carbonyl (C=O) groups is 2. The molecule has 1 aromatic carbocycles. The largest absolute Gasteiger partial charge is 0.497 e. The average molecular weight is 331 g/mol. The van der Waals surface area contributed by atoms with Crippen LogP contribution in [0, 0.1) is 5.92 Å². The van der Waals surface area contributed by atoms with Gasteiger partial charge in [-0.1, -0.05) is 0 Å². The van der Waals surface area contributed by atoms with E-state index >= 15 is 0 Å². The molecular formula is C18H25N3O3. The van der Waals surface area contributed by atoms with Crippen molar-refractivity contribution in [3.05, 3.63) is 24.3 Å². The number of rotatable bonds is 7. The Bertz CT molecular complexity index is 598. The molecule has 0 radical (unpaired) electrons. The van der Waals surface area contributed by atoms with E-state index in [0.717, 1.165) is 18.0 Å². The van der Waals surface area contributed by atoms with Gasteiger partial charge < -0.3 is 19.9 Å². The normalized spacial score (nSPS) is 20.5. The molecule has 2 aliphatic rings. The zero-order chi connectivity index (χ0) is 17.1. The van der Waals surface area contributed by atoms with Crippen LogP contribution in [0.3, 0.4) is 0 Å². The molecule has 0 spiro atoms. The van der Waals surface area contributed by atoms with Gasteiger partial charge in [-0.15, -0.1) is 0 Å². The van der Waals surface area contributed by atoms with E-state index in [1.807, 2.05) is 24.3 Å². The second kappa shape index (κ2) is 7.21. The Hall–Kier alpha value is -2.08. The number of likely N-dealkylation sites (N-methyl/N-ethyl adjacent to an activating group) is 1. The lowest BCUT2D eigenvalue weighted by atomic mass is 10.1. The molecule has 2 fully saturated rings. The number of nitrogens with zero attached hydrogens (tertiary/aromatic N) is 2. The van der Waals surface area contributed by atoms with Gasteiger partial charge in [0.2, 0.25) is 11.8 Å². The molecule has 6 nitrogen and oxygen atoms in total. The number of hydrogen-bond acceptors (Lipinski definition) is 4. The number of hydrogen-bond donors (Lipinski definition) is 1. The van der Waals surface area contributed by atoms with E-state index in [2.05, 4.69) is 17.3 Å². The van der Waals surface area contributed by atoms with Gasteiger partial charge in [-0.05, 0) is 44.2 Å². The van der Waals surface area contributed by atoms with Crippen LogP contribution in [-0.2, 0) is 9.59 Å². The van der Waals surface area contributed by atoms with Crippen molar-refractivity contribution >= 4 is 17.5 Å². The quantitative estimate of drug-likeness (QED) is 0.817. The van der Waals surface area contributed by atoms with Crippen molar-refractivity contribution in [3.63, 3.8) is 0 Å². The molecule has 1 N–H and O–H groups in total. The average Bonchev–Trinajstić information content (AvgIpc) is 3.37. The van der Waals surface area contributed by atoms with Gasteiger partial charge in [-0.25, -0.2) is 0 Å². The molecule has 1 heterocycles. The molecule has 2 amide bonds. The molecule has 1 saturated heterocycles. The van der Waals surface area contributed by atoms with Crippen molar-refractivity contribution in [2.24, 2.45) is 5.92 Å². The van der Waals surface area contributed by atoms with E-state index in [4.69, 9.17) is 4.74 Å². The van der Waals surface area contributed by atoms with Crippen molar-refractivity contribution < 1.29 is 14.3 Å². The number of amides is 2. The van der Waals surface area contributed by atoms with E-state index in [-0.39, 0.29) is 24.2 Å². The first-order chi connectivity index (χ1) is 11.6. The standard InChI is InChI=1S/C18H25N3O3/c1-20(14-3-4-14)10-9-19-18(23)13-11-17(22)21(12-13)15-5-7-16(24-2)8-6-15/h5-8,13-14H,3-4,9-12H2,1-2H3,(H,19,23)/t13-/m0/s1. The fraction of sp³-hybridized carbons (Fsp3) is 0.556. The zero-order valence-electron chi connectivity index (χ0n) is 14.3.